The highest BCUT2D eigenvalue weighted by Crippen LogP contribution is 2.21. The highest BCUT2D eigenvalue weighted by Gasteiger charge is 2.19. The van der Waals surface area contributed by atoms with Crippen molar-refractivity contribution in [1.82, 2.24) is 4.90 Å². The summed E-state index contributed by atoms with van der Waals surface area (Å²) in [6.45, 7) is 5.83. The van der Waals surface area contributed by atoms with Crippen molar-refractivity contribution < 1.29 is 4.39 Å². The van der Waals surface area contributed by atoms with Crippen LogP contribution in [-0.2, 0) is 6.54 Å². The molecule has 19 heavy (non-hydrogen) atoms. The van der Waals surface area contributed by atoms with Crippen molar-refractivity contribution in [3.05, 3.63) is 35.1 Å². The van der Waals surface area contributed by atoms with Gasteiger partial charge in [-0.2, -0.15) is 0 Å². The minimum Gasteiger partial charge on any atom is -0.330 e. The molecule has 2 rings (SSSR count). The number of rotatable bonds is 4. The summed E-state index contributed by atoms with van der Waals surface area (Å²) in [7, 11) is 0. The normalized spacial score (nSPS) is 20.1. The number of nitrogens with zero attached hydrogens (tertiary/aromatic N) is 1. The molecule has 0 aliphatic carbocycles. The lowest BCUT2D eigenvalue weighted by atomic mass is 9.94. The Morgan fingerprint density at radius 3 is 2.89 bits per heavy atom. The second-order valence-electron chi connectivity index (χ2n) is 5.40. The highest BCUT2D eigenvalue weighted by atomic mass is 35.5. The quantitative estimate of drug-likeness (QED) is 0.921. The van der Waals surface area contributed by atoms with Gasteiger partial charge in [0.25, 0.3) is 0 Å². The fraction of sp³-hybridized carbons (Fsp3) is 0.600. The molecule has 1 unspecified atom stereocenters. The minimum atomic E-state index is -0.113. The van der Waals surface area contributed by atoms with E-state index in [1.165, 1.54) is 18.4 Å². The molecule has 0 aromatic heterocycles. The Balaban J connectivity index is 0.00000180. The third-order valence-corrected chi connectivity index (χ3v) is 3.81. The SMILES string of the molecule is Cc1cc(CN2CCCC(CCN)C2)ccc1F.Cl. The predicted octanol–water partition coefficient (Wildman–Crippen LogP) is 3.12. The molecule has 4 heteroatoms. The van der Waals surface area contributed by atoms with E-state index in [-0.39, 0.29) is 18.2 Å². The zero-order valence-corrected chi connectivity index (χ0v) is 12.4. The van der Waals surface area contributed by atoms with E-state index in [2.05, 4.69) is 4.90 Å². The summed E-state index contributed by atoms with van der Waals surface area (Å²) in [5, 5.41) is 0. The van der Waals surface area contributed by atoms with Gasteiger partial charge >= 0.3 is 0 Å². The van der Waals surface area contributed by atoms with Gasteiger partial charge in [-0.1, -0.05) is 12.1 Å². The summed E-state index contributed by atoms with van der Waals surface area (Å²) >= 11 is 0. The molecule has 0 spiro atoms. The van der Waals surface area contributed by atoms with E-state index in [1.54, 1.807) is 6.07 Å². The number of likely N-dealkylation sites (tertiary alicyclic amines) is 1. The van der Waals surface area contributed by atoms with Crippen LogP contribution in [0.5, 0.6) is 0 Å². The van der Waals surface area contributed by atoms with Gasteiger partial charge < -0.3 is 5.73 Å². The van der Waals surface area contributed by atoms with Gasteiger partial charge in [-0.25, -0.2) is 4.39 Å². The maximum absolute atomic E-state index is 13.2. The molecule has 1 aliphatic heterocycles. The third kappa shape index (κ3) is 4.75. The molecule has 0 amide bonds. The number of piperidine rings is 1. The van der Waals surface area contributed by atoms with Gasteiger partial charge in [-0.3, -0.25) is 4.90 Å². The van der Waals surface area contributed by atoms with Crippen LogP contribution in [0.2, 0.25) is 0 Å². The molecular formula is C15H24ClFN2. The molecule has 0 saturated carbocycles. The third-order valence-electron chi connectivity index (χ3n) is 3.81. The smallest absolute Gasteiger partial charge is 0.126 e. The minimum absolute atomic E-state index is 0. The van der Waals surface area contributed by atoms with E-state index in [1.807, 2.05) is 19.1 Å². The standard InChI is InChI=1S/C15H23FN2.ClH/c1-12-9-14(4-5-15(12)16)11-18-8-2-3-13(10-18)6-7-17;/h4-5,9,13H,2-3,6-8,10-11,17H2,1H3;1H. The van der Waals surface area contributed by atoms with Crippen LogP contribution in [0, 0.1) is 18.7 Å². The van der Waals surface area contributed by atoms with Crippen LogP contribution < -0.4 is 5.73 Å². The second-order valence-corrected chi connectivity index (χ2v) is 5.40. The fourth-order valence-corrected chi connectivity index (χ4v) is 2.83. The van der Waals surface area contributed by atoms with Gasteiger partial charge in [-0.05, 0) is 62.4 Å². The number of hydrogen-bond acceptors (Lipinski definition) is 2. The summed E-state index contributed by atoms with van der Waals surface area (Å²) in [4.78, 5) is 2.47. The Bertz CT molecular complexity index is 396. The number of hydrogen-bond donors (Lipinski definition) is 1. The van der Waals surface area contributed by atoms with Crippen LogP contribution in [-0.4, -0.2) is 24.5 Å². The van der Waals surface area contributed by atoms with Crippen LogP contribution in [0.25, 0.3) is 0 Å². The van der Waals surface area contributed by atoms with Gasteiger partial charge in [0.05, 0.1) is 0 Å². The first-order valence-corrected chi connectivity index (χ1v) is 6.86. The largest absolute Gasteiger partial charge is 0.330 e. The van der Waals surface area contributed by atoms with Crippen LogP contribution in [0.3, 0.4) is 0 Å². The van der Waals surface area contributed by atoms with E-state index in [0.717, 1.165) is 44.1 Å². The molecule has 2 N–H and O–H groups in total. The van der Waals surface area contributed by atoms with E-state index < -0.39 is 0 Å². The van der Waals surface area contributed by atoms with Gasteiger partial charge in [0, 0.05) is 13.1 Å². The molecule has 1 heterocycles. The summed E-state index contributed by atoms with van der Waals surface area (Å²) in [5.74, 6) is 0.628. The Morgan fingerprint density at radius 2 is 2.21 bits per heavy atom. The number of nitrogens with two attached hydrogens (primary N) is 1. The van der Waals surface area contributed by atoms with Crippen molar-refractivity contribution in [1.29, 1.82) is 0 Å². The topological polar surface area (TPSA) is 29.3 Å². The zero-order chi connectivity index (χ0) is 13.0. The Morgan fingerprint density at radius 1 is 1.42 bits per heavy atom. The molecule has 1 atom stereocenters. The fourth-order valence-electron chi connectivity index (χ4n) is 2.83. The van der Waals surface area contributed by atoms with Crippen LogP contribution in [0.1, 0.15) is 30.4 Å². The van der Waals surface area contributed by atoms with E-state index in [4.69, 9.17) is 5.73 Å². The Labute approximate surface area is 121 Å². The number of halogens is 2. The predicted molar refractivity (Wildman–Crippen MR) is 80.1 cm³/mol. The second kappa shape index (κ2) is 7.83. The molecule has 1 saturated heterocycles. The molecule has 0 radical (unpaired) electrons. The average molecular weight is 287 g/mol. The van der Waals surface area contributed by atoms with Gasteiger partial charge in [0.2, 0.25) is 0 Å². The average Bonchev–Trinajstić information content (AvgIpc) is 2.35. The Hall–Kier alpha value is -0.640. The first-order valence-electron chi connectivity index (χ1n) is 6.86. The van der Waals surface area contributed by atoms with Crippen LogP contribution in [0.4, 0.5) is 4.39 Å². The molecule has 1 aromatic rings. The molecule has 1 fully saturated rings. The van der Waals surface area contributed by atoms with Gasteiger partial charge in [0.1, 0.15) is 5.82 Å². The van der Waals surface area contributed by atoms with Crippen LogP contribution >= 0.6 is 12.4 Å². The maximum Gasteiger partial charge on any atom is 0.126 e. The molecule has 0 bridgehead atoms. The van der Waals surface area contributed by atoms with Gasteiger partial charge in [-0.15, -0.1) is 12.4 Å². The summed E-state index contributed by atoms with van der Waals surface area (Å²) < 4.78 is 13.2. The summed E-state index contributed by atoms with van der Waals surface area (Å²) in [6.07, 6.45) is 3.68. The van der Waals surface area contributed by atoms with E-state index in [0.29, 0.717) is 0 Å². The lowest BCUT2D eigenvalue weighted by Crippen LogP contribution is -2.35. The monoisotopic (exact) mass is 286 g/mol. The molecule has 2 nitrogen and oxygen atoms in total. The number of aryl methyl sites for hydroxylation is 1. The first-order chi connectivity index (χ1) is 8.69. The van der Waals surface area contributed by atoms with E-state index >= 15 is 0 Å². The number of benzene rings is 1. The molecular weight excluding hydrogens is 263 g/mol. The van der Waals surface area contributed by atoms with Crippen molar-refractivity contribution >= 4 is 12.4 Å². The lowest BCUT2D eigenvalue weighted by molar-refractivity contribution is 0.163. The van der Waals surface area contributed by atoms with E-state index in [9.17, 15) is 4.39 Å². The highest BCUT2D eigenvalue weighted by molar-refractivity contribution is 5.85. The lowest BCUT2D eigenvalue weighted by Gasteiger charge is -2.32. The van der Waals surface area contributed by atoms with Gasteiger partial charge in [0.15, 0.2) is 0 Å². The summed E-state index contributed by atoms with van der Waals surface area (Å²) in [6, 6.07) is 5.43. The van der Waals surface area contributed by atoms with Crippen molar-refractivity contribution in [3.63, 3.8) is 0 Å². The van der Waals surface area contributed by atoms with Crippen LogP contribution in [0.15, 0.2) is 18.2 Å². The van der Waals surface area contributed by atoms with Crippen molar-refractivity contribution in [2.45, 2.75) is 32.7 Å². The Kier molecular flexibility index (Phi) is 6.76. The van der Waals surface area contributed by atoms with Crippen molar-refractivity contribution in [3.8, 4) is 0 Å². The first kappa shape index (κ1) is 16.4. The summed E-state index contributed by atoms with van der Waals surface area (Å²) in [5.41, 5.74) is 7.58. The molecule has 1 aromatic carbocycles. The molecule has 108 valence electrons. The zero-order valence-electron chi connectivity index (χ0n) is 11.6. The van der Waals surface area contributed by atoms with Crippen molar-refractivity contribution in [2.75, 3.05) is 19.6 Å². The van der Waals surface area contributed by atoms with Crippen molar-refractivity contribution in [2.24, 2.45) is 11.7 Å². The maximum atomic E-state index is 13.2. The molecule has 1 aliphatic rings.